The van der Waals surface area contributed by atoms with Gasteiger partial charge in [-0.1, -0.05) is 13.8 Å². The van der Waals surface area contributed by atoms with Gasteiger partial charge in [-0.2, -0.15) is 0 Å². The highest BCUT2D eigenvalue weighted by atomic mass is 16.6. The number of quaternary nitrogens is 2. The van der Waals surface area contributed by atoms with Crippen LogP contribution in [0, 0.1) is 0 Å². The second-order valence-corrected chi connectivity index (χ2v) is 6.20. The zero-order valence-corrected chi connectivity index (χ0v) is 14.9. The zero-order valence-electron chi connectivity index (χ0n) is 14.9. The number of rotatable bonds is 6. The molecule has 5 heteroatoms. The molecule has 0 atom stereocenters. The molecule has 20 heavy (non-hydrogen) atoms. The highest BCUT2D eigenvalue weighted by Crippen LogP contribution is 1.96. The predicted octanol–water partition coefficient (Wildman–Crippen LogP) is 0.538. The van der Waals surface area contributed by atoms with Crippen molar-refractivity contribution >= 4 is 6.16 Å². The van der Waals surface area contributed by atoms with E-state index < -0.39 is 6.16 Å². The fourth-order valence-electron chi connectivity index (χ4n) is 1.53. The first-order chi connectivity index (χ1) is 8.97. The summed E-state index contributed by atoms with van der Waals surface area (Å²) in [6.45, 7) is 14.0. The minimum atomic E-state index is -2.33. The molecule has 0 aromatic heterocycles. The third-order valence-electron chi connectivity index (χ3n) is 3.37. The molecule has 0 aromatic rings. The lowest BCUT2D eigenvalue weighted by Crippen LogP contribution is -2.39. The maximum absolute atomic E-state index is 8.33. The highest BCUT2D eigenvalue weighted by molar-refractivity contribution is 5.47. The van der Waals surface area contributed by atoms with Gasteiger partial charge in [-0.25, -0.2) is 0 Å². The fraction of sp³-hybridized carbons (Fsp3) is 0.933. The minimum absolute atomic E-state index is 1.16. The summed E-state index contributed by atoms with van der Waals surface area (Å²) in [6.07, 6.45) is 0.252. The number of hydrogen-bond acceptors (Lipinski definition) is 3. The quantitative estimate of drug-likeness (QED) is 0.671. The van der Waals surface area contributed by atoms with E-state index in [0.717, 1.165) is 8.97 Å². The molecule has 0 aromatic carbocycles. The smallest absolute Gasteiger partial charge is 0.0779 e. The molecule has 0 spiro atoms. The molecule has 0 N–H and O–H groups in total. The molecule has 5 nitrogen and oxygen atoms in total. The maximum atomic E-state index is 8.33. The average Bonchev–Trinajstić information content (AvgIpc) is 2.29. The van der Waals surface area contributed by atoms with Gasteiger partial charge < -0.3 is 24.0 Å². The van der Waals surface area contributed by atoms with Gasteiger partial charge in [0.1, 0.15) is 0 Å². The van der Waals surface area contributed by atoms with Gasteiger partial charge in [0.2, 0.25) is 0 Å². The van der Waals surface area contributed by atoms with Crippen LogP contribution < -0.4 is 10.2 Å². The van der Waals surface area contributed by atoms with Crippen molar-refractivity contribution in [1.82, 2.24) is 0 Å². The van der Waals surface area contributed by atoms with Crippen LogP contribution in [0.15, 0.2) is 0 Å². The Morgan fingerprint density at radius 1 is 0.750 bits per heavy atom. The van der Waals surface area contributed by atoms with Gasteiger partial charge >= 0.3 is 0 Å². The summed E-state index contributed by atoms with van der Waals surface area (Å²) in [4.78, 5) is 8.33. The molecule has 0 fully saturated rings. The van der Waals surface area contributed by atoms with Crippen molar-refractivity contribution in [2.24, 2.45) is 0 Å². The number of hydrogen-bond donors (Lipinski definition) is 0. The Kier molecular flexibility index (Phi) is 16.0. The molecule has 0 aliphatic heterocycles. The highest BCUT2D eigenvalue weighted by Gasteiger charge is 2.08. The van der Waals surface area contributed by atoms with Crippen LogP contribution in [0.2, 0.25) is 0 Å². The molecule has 0 radical (unpaired) electrons. The van der Waals surface area contributed by atoms with Gasteiger partial charge in [0.25, 0.3) is 0 Å². The molecule has 0 aliphatic rings. The van der Waals surface area contributed by atoms with Crippen molar-refractivity contribution in [2.45, 2.75) is 40.5 Å². The lowest BCUT2D eigenvalue weighted by Gasteiger charge is -2.27. The molecule has 0 saturated carbocycles. The minimum Gasteiger partial charge on any atom is -0.652 e. The summed E-state index contributed by atoms with van der Waals surface area (Å²) in [7, 11) is 9.07. The summed E-state index contributed by atoms with van der Waals surface area (Å²) in [5, 5.41) is 16.7. The second-order valence-electron chi connectivity index (χ2n) is 6.20. The fourth-order valence-corrected chi connectivity index (χ4v) is 1.53. The lowest BCUT2D eigenvalue weighted by atomic mass is 10.4. The lowest BCUT2D eigenvalue weighted by molar-refractivity contribution is -0.888. The summed E-state index contributed by atoms with van der Waals surface area (Å²) >= 11 is 0. The van der Waals surface area contributed by atoms with Crippen molar-refractivity contribution in [3.8, 4) is 0 Å². The van der Waals surface area contributed by atoms with Crippen LogP contribution in [-0.4, -0.2) is 69.5 Å². The van der Waals surface area contributed by atoms with Crippen LogP contribution in [0.3, 0.4) is 0 Å². The number of carbonyl (C=O) groups is 1. The number of carboxylic acid groups (broad SMARTS) is 2. The number of carbonyl (C=O) groups excluding carboxylic acids is 1. The molecule has 0 heterocycles. The van der Waals surface area contributed by atoms with Crippen LogP contribution in [0.25, 0.3) is 0 Å². The normalized spacial score (nSPS) is 10.8. The molecular weight excluding hydrogens is 256 g/mol. The summed E-state index contributed by atoms with van der Waals surface area (Å²) in [5.74, 6) is 0. The van der Waals surface area contributed by atoms with Crippen molar-refractivity contribution in [3.63, 3.8) is 0 Å². The first kappa shape index (κ1) is 24.2. The summed E-state index contributed by atoms with van der Waals surface area (Å²) in [6, 6.07) is 0. The van der Waals surface area contributed by atoms with E-state index in [0.29, 0.717) is 0 Å². The van der Waals surface area contributed by atoms with Crippen LogP contribution in [0.5, 0.6) is 0 Å². The van der Waals surface area contributed by atoms with Gasteiger partial charge in [-0.3, -0.25) is 0 Å². The Balaban J connectivity index is -0.000000230. The third-order valence-corrected chi connectivity index (χ3v) is 3.37. The van der Waals surface area contributed by atoms with Crippen molar-refractivity contribution in [3.05, 3.63) is 0 Å². The molecular formula is C15H36N2O3. The van der Waals surface area contributed by atoms with Crippen LogP contribution in [0.4, 0.5) is 4.79 Å². The Hall–Kier alpha value is -0.810. The van der Waals surface area contributed by atoms with Crippen LogP contribution in [-0.2, 0) is 0 Å². The molecule has 0 aliphatic carbocycles. The van der Waals surface area contributed by atoms with Gasteiger partial charge in [0, 0.05) is 0 Å². The first-order valence-electron chi connectivity index (χ1n) is 7.49. The molecule has 0 saturated heterocycles. The Morgan fingerprint density at radius 3 is 1.00 bits per heavy atom. The van der Waals surface area contributed by atoms with Crippen molar-refractivity contribution < 1.29 is 24.0 Å². The van der Waals surface area contributed by atoms with Crippen molar-refractivity contribution in [1.29, 1.82) is 0 Å². The van der Waals surface area contributed by atoms with E-state index in [1.807, 2.05) is 0 Å². The first-order valence-corrected chi connectivity index (χ1v) is 7.49. The van der Waals surface area contributed by atoms with E-state index in [4.69, 9.17) is 15.0 Å². The average molecular weight is 292 g/mol. The monoisotopic (exact) mass is 292 g/mol. The number of nitrogens with zero attached hydrogens (tertiary/aromatic N) is 2. The second kappa shape index (κ2) is 13.2. The Bertz CT molecular complexity index is 207. The van der Waals surface area contributed by atoms with Gasteiger partial charge in [-0.05, 0) is 32.8 Å². The molecule has 0 rings (SSSR count). The van der Waals surface area contributed by atoms with E-state index in [2.05, 4.69) is 55.9 Å². The maximum Gasteiger partial charge on any atom is 0.0779 e. The van der Waals surface area contributed by atoms with Crippen LogP contribution >= 0.6 is 0 Å². The van der Waals surface area contributed by atoms with E-state index in [-0.39, 0.29) is 0 Å². The largest absolute Gasteiger partial charge is 0.652 e. The summed E-state index contributed by atoms with van der Waals surface area (Å²) in [5.41, 5.74) is 0. The van der Waals surface area contributed by atoms with E-state index in [1.54, 1.807) is 0 Å². The van der Waals surface area contributed by atoms with E-state index >= 15 is 0 Å². The molecule has 0 bridgehead atoms. The van der Waals surface area contributed by atoms with Gasteiger partial charge in [0.05, 0.1) is 54.4 Å². The third kappa shape index (κ3) is 25.9. The van der Waals surface area contributed by atoms with E-state index in [1.165, 1.54) is 39.0 Å². The molecule has 0 unspecified atom stereocenters. The van der Waals surface area contributed by atoms with Crippen molar-refractivity contribution in [2.75, 3.05) is 54.4 Å². The predicted molar refractivity (Wildman–Crippen MR) is 81.0 cm³/mol. The van der Waals surface area contributed by atoms with Crippen LogP contribution in [0.1, 0.15) is 40.5 Å². The van der Waals surface area contributed by atoms with Gasteiger partial charge in [-0.15, -0.1) is 0 Å². The molecule has 0 amide bonds. The SMILES string of the molecule is CCC[N+](C)(C)CC.CCC[N+](C)(C)CC.O=C([O-])[O-]. The molecule has 124 valence electrons. The Morgan fingerprint density at radius 2 is 0.950 bits per heavy atom. The van der Waals surface area contributed by atoms with E-state index in [9.17, 15) is 0 Å². The standard InChI is InChI=1S/2C7H18N.CH2O3/c2*1-5-7-8(3,4)6-2;2-1(3)4/h2*5-7H2,1-4H3;(H2,2,3,4)/q2*+1;/p-2. The zero-order chi connectivity index (χ0) is 16.8. The van der Waals surface area contributed by atoms with Gasteiger partial charge in [0.15, 0.2) is 0 Å². The summed E-state index contributed by atoms with van der Waals surface area (Å²) < 4.78 is 2.33. The Labute approximate surface area is 126 Å². The topological polar surface area (TPSA) is 63.2 Å².